The van der Waals surface area contributed by atoms with Gasteiger partial charge in [-0.05, 0) is 20.8 Å². The number of Topliss-reactive ketones (excluding diaryl/α,β-unsaturated/α-hetero) is 1. The van der Waals surface area contributed by atoms with Gasteiger partial charge in [0.25, 0.3) is 0 Å². The molecule has 0 aromatic heterocycles. The lowest BCUT2D eigenvalue weighted by Gasteiger charge is -2.14. The van der Waals surface area contributed by atoms with Crippen molar-refractivity contribution in [2.24, 2.45) is 0 Å². The SMILES string of the molecule is CC(=O)C1=C(C)ON(C)C1C. The fourth-order valence-corrected chi connectivity index (χ4v) is 1.36. The molecule has 0 aromatic carbocycles. The minimum Gasteiger partial charge on any atom is -0.410 e. The molecule has 0 bridgehead atoms. The van der Waals surface area contributed by atoms with Crippen molar-refractivity contribution in [1.29, 1.82) is 0 Å². The Balaban J connectivity index is 2.91. The van der Waals surface area contributed by atoms with E-state index in [0.29, 0.717) is 0 Å². The molecule has 1 heterocycles. The Kier molecular flexibility index (Phi) is 2.00. The molecule has 1 rings (SSSR count). The zero-order valence-electron chi connectivity index (χ0n) is 7.34. The number of hydroxylamine groups is 2. The highest BCUT2D eigenvalue weighted by atomic mass is 16.7. The van der Waals surface area contributed by atoms with Crippen LogP contribution in [-0.4, -0.2) is 23.9 Å². The van der Waals surface area contributed by atoms with Crippen molar-refractivity contribution >= 4 is 5.78 Å². The van der Waals surface area contributed by atoms with E-state index in [4.69, 9.17) is 4.84 Å². The minimum absolute atomic E-state index is 0.0903. The lowest BCUT2D eigenvalue weighted by molar-refractivity contribution is -0.114. The van der Waals surface area contributed by atoms with Gasteiger partial charge in [0.05, 0.1) is 11.6 Å². The molecule has 0 radical (unpaired) electrons. The number of likely N-dealkylation sites (N-methyl/N-ethyl adjacent to an activating group) is 1. The van der Waals surface area contributed by atoms with Gasteiger partial charge in [-0.25, -0.2) is 0 Å². The quantitative estimate of drug-likeness (QED) is 0.568. The van der Waals surface area contributed by atoms with Gasteiger partial charge in [0.15, 0.2) is 5.78 Å². The average molecular weight is 155 g/mol. The van der Waals surface area contributed by atoms with Crippen LogP contribution >= 0.6 is 0 Å². The van der Waals surface area contributed by atoms with E-state index in [1.165, 1.54) is 0 Å². The van der Waals surface area contributed by atoms with E-state index in [1.807, 2.05) is 20.9 Å². The van der Waals surface area contributed by atoms with Crippen molar-refractivity contribution in [2.45, 2.75) is 26.8 Å². The maximum atomic E-state index is 11.0. The molecular formula is C8H13NO2. The third-order valence-electron chi connectivity index (χ3n) is 2.00. The molecule has 0 aliphatic carbocycles. The van der Waals surface area contributed by atoms with Gasteiger partial charge >= 0.3 is 0 Å². The maximum absolute atomic E-state index is 11.0. The summed E-state index contributed by atoms with van der Waals surface area (Å²) in [6.07, 6.45) is 0. The molecule has 0 amide bonds. The van der Waals surface area contributed by atoms with Crippen LogP contribution in [0.1, 0.15) is 20.8 Å². The topological polar surface area (TPSA) is 29.5 Å². The molecule has 1 atom stereocenters. The van der Waals surface area contributed by atoms with Crippen molar-refractivity contribution in [3.63, 3.8) is 0 Å². The van der Waals surface area contributed by atoms with Crippen LogP contribution in [-0.2, 0) is 9.63 Å². The highest BCUT2D eigenvalue weighted by Crippen LogP contribution is 2.24. The molecule has 0 saturated heterocycles. The van der Waals surface area contributed by atoms with Crippen LogP contribution in [0.2, 0.25) is 0 Å². The number of rotatable bonds is 1. The molecule has 0 fully saturated rings. The summed E-state index contributed by atoms with van der Waals surface area (Å²) in [6.45, 7) is 5.34. The van der Waals surface area contributed by atoms with E-state index in [-0.39, 0.29) is 11.8 Å². The Morgan fingerprint density at radius 1 is 1.64 bits per heavy atom. The zero-order valence-corrected chi connectivity index (χ0v) is 7.34. The average Bonchev–Trinajstić information content (AvgIpc) is 2.07. The summed E-state index contributed by atoms with van der Waals surface area (Å²) in [6, 6.07) is 0.0903. The second-order valence-corrected chi connectivity index (χ2v) is 2.84. The predicted molar refractivity (Wildman–Crippen MR) is 41.7 cm³/mol. The Bertz CT molecular complexity index is 220. The van der Waals surface area contributed by atoms with Gasteiger partial charge in [-0.1, -0.05) is 0 Å². The van der Waals surface area contributed by atoms with Crippen LogP contribution in [0.4, 0.5) is 0 Å². The van der Waals surface area contributed by atoms with Crippen molar-refractivity contribution in [1.82, 2.24) is 5.06 Å². The van der Waals surface area contributed by atoms with Gasteiger partial charge in [-0.2, -0.15) is 0 Å². The van der Waals surface area contributed by atoms with Crippen LogP contribution in [0.15, 0.2) is 11.3 Å². The first kappa shape index (κ1) is 8.27. The van der Waals surface area contributed by atoms with Crippen LogP contribution in [0.25, 0.3) is 0 Å². The molecule has 0 saturated carbocycles. The lowest BCUT2D eigenvalue weighted by Crippen LogP contribution is -2.25. The number of carbonyl (C=O) groups excluding carboxylic acids is 1. The van der Waals surface area contributed by atoms with Gasteiger partial charge in [0, 0.05) is 7.05 Å². The molecule has 62 valence electrons. The summed E-state index contributed by atoms with van der Waals surface area (Å²) in [5.41, 5.74) is 0.785. The van der Waals surface area contributed by atoms with E-state index in [9.17, 15) is 4.79 Å². The van der Waals surface area contributed by atoms with Gasteiger partial charge in [-0.3, -0.25) is 4.79 Å². The van der Waals surface area contributed by atoms with Crippen LogP contribution in [0.5, 0.6) is 0 Å². The van der Waals surface area contributed by atoms with Crippen molar-refractivity contribution in [3.8, 4) is 0 Å². The summed E-state index contributed by atoms with van der Waals surface area (Å²) in [5.74, 6) is 0.826. The number of nitrogens with zero attached hydrogens (tertiary/aromatic N) is 1. The number of carbonyl (C=O) groups is 1. The smallest absolute Gasteiger partial charge is 0.160 e. The normalized spacial score (nSPS) is 25.6. The van der Waals surface area contributed by atoms with Crippen molar-refractivity contribution in [3.05, 3.63) is 11.3 Å². The number of hydrogen-bond donors (Lipinski definition) is 0. The monoisotopic (exact) mass is 155 g/mol. The summed E-state index contributed by atoms with van der Waals surface area (Å²) in [7, 11) is 1.82. The molecule has 0 aromatic rings. The second-order valence-electron chi connectivity index (χ2n) is 2.84. The minimum atomic E-state index is 0.0903. The van der Waals surface area contributed by atoms with Gasteiger partial charge in [0.2, 0.25) is 0 Å². The molecule has 3 nitrogen and oxygen atoms in total. The van der Waals surface area contributed by atoms with Gasteiger partial charge < -0.3 is 4.84 Å². The molecule has 1 unspecified atom stereocenters. The first-order valence-electron chi connectivity index (χ1n) is 3.66. The highest BCUT2D eigenvalue weighted by molar-refractivity contribution is 5.95. The van der Waals surface area contributed by atoms with Gasteiger partial charge in [0.1, 0.15) is 5.76 Å². The van der Waals surface area contributed by atoms with Crippen molar-refractivity contribution in [2.75, 3.05) is 7.05 Å². The summed E-state index contributed by atoms with van der Waals surface area (Å²) >= 11 is 0. The van der Waals surface area contributed by atoms with Crippen LogP contribution in [0.3, 0.4) is 0 Å². The summed E-state index contributed by atoms with van der Waals surface area (Å²) in [5, 5.41) is 1.69. The largest absolute Gasteiger partial charge is 0.410 e. The maximum Gasteiger partial charge on any atom is 0.160 e. The van der Waals surface area contributed by atoms with E-state index < -0.39 is 0 Å². The van der Waals surface area contributed by atoms with Crippen molar-refractivity contribution < 1.29 is 9.63 Å². The first-order valence-corrected chi connectivity index (χ1v) is 3.66. The zero-order chi connectivity index (χ0) is 8.59. The highest BCUT2D eigenvalue weighted by Gasteiger charge is 2.29. The third-order valence-corrected chi connectivity index (χ3v) is 2.00. The van der Waals surface area contributed by atoms with Crippen LogP contribution < -0.4 is 0 Å². The van der Waals surface area contributed by atoms with Crippen LogP contribution in [0, 0.1) is 0 Å². The summed E-state index contributed by atoms with van der Waals surface area (Å²) < 4.78 is 0. The fourth-order valence-electron chi connectivity index (χ4n) is 1.36. The molecule has 1 aliphatic heterocycles. The molecule has 0 N–H and O–H groups in total. The lowest BCUT2D eigenvalue weighted by atomic mass is 10.1. The summed E-state index contributed by atoms with van der Waals surface area (Å²) in [4.78, 5) is 16.3. The molecular weight excluding hydrogens is 142 g/mol. The number of hydrogen-bond acceptors (Lipinski definition) is 3. The number of ketones is 1. The predicted octanol–water partition coefficient (Wildman–Crippen LogP) is 1.11. The molecule has 1 aliphatic rings. The Morgan fingerprint density at radius 3 is 2.36 bits per heavy atom. The van der Waals surface area contributed by atoms with E-state index in [2.05, 4.69) is 0 Å². The first-order chi connectivity index (χ1) is 5.04. The fraction of sp³-hybridized carbons (Fsp3) is 0.625. The third kappa shape index (κ3) is 1.28. The second kappa shape index (κ2) is 2.66. The Morgan fingerprint density at radius 2 is 2.18 bits per heavy atom. The number of allylic oxidation sites excluding steroid dienone is 1. The Labute approximate surface area is 66.6 Å². The molecule has 11 heavy (non-hydrogen) atoms. The molecule has 3 heteroatoms. The van der Waals surface area contributed by atoms with E-state index in [1.54, 1.807) is 12.0 Å². The Hall–Kier alpha value is -0.830. The molecule has 0 spiro atoms. The standard InChI is InChI=1S/C8H13NO2/c1-5-8(6(2)10)7(3)11-9(5)4/h5H,1-4H3. The van der Waals surface area contributed by atoms with E-state index in [0.717, 1.165) is 11.3 Å². The van der Waals surface area contributed by atoms with E-state index >= 15 is 0 Å². The van der Waals surface area contributed by atoms with Gasteiger partial charge in [-0.15, -0.1) is 5.06 Å².